The van der Waals surface area contributed by atoms with E-state index in [0.717, 1.165) is 5.69 Å². The molecule has 3 rings (SSSR count). The highest BCUT2D eigenvalue weighted by atomic mass is 35.5. The highest BCUT2D eigenvalue weighted by Gasteiger charge is 2.13. The van der Waals surface area contributed by atoms with E-state index in [4.69, 9.17) is 11.6 Å². The maximum absolute atomic E-state index is 12.2. The lowest BCUT2D eigenvalue weighted by atomic mass is 10.1. The van der Waals surface area contributed by atoms with Gasteiger partial charge >= 0.3 is 0 Å². The average molecular weight is 340 g/mol. The summed E-state index contributed by atoms with van der Waals surface area (Å²) in [5.74, 6) is -0.284. The molecule has 2 heterocycles. The fourth-order valence-electron chi connectivity index (χ4n) is 2.01. The molecule has 112 valence electrons. The van der Waals surface area contributed by atoms with Gasteiger partial charge in [0.2, 0.25) is 5.78 Å². The van der Waals surface area contributed by atoms with E-state index in [9.17, 15) is 10.1 Å². The van der Waals surface area contributed by atoms with E-state index in [2.05, 4.69) is 5.10 Å². The van der Waals surface area contributed by atoms with Crippen molar-refractivity contribution in [3.8, 4) is 11.8 Å². The van der Waals surface area contributed by atoms with Gasteiger partial charge in [-0.2, -0.15) is 21.7 Å². The number of halogens is 1. The van der Waals surface area contributed by atoms with Gasteiger partial charge < -0.3 is 0 Å². The van der Waals surface area contributed by atoms with Crippen molar-refractivity contribution in [1.29, 1.82) is 5.26 Å². The molecule has 0 radical (unpaired) electrons. The number of allylic oxidation sites excluding steroid dienone is 1. The highest BCUT2D eigenvalue weighted by Crippen LogP contribution is 2.17. The summed E-state index contributed by atoms with van der Waals surface area (Å²) in [5.41, 5.74) is 2.13. The third kappa shape index (κ3) is 3.39. The van der Waals surface area contributed by atoms with E-state index >= 15 is 0 Å². The van der Waals surface area contributed by atoms with Crippen LogP contribution >= 0.6 is 22.9 Å². The van der Waals surface area contributed by atoms with Crippen molar-refractivity contribution in [3.05, 3.63) is 75.2 Å². The van der Waals surface area contributed by atoms with Crippen LogP contribution in [0.3, 0.4) is 0 Å². The number of thiophene rings is 1. The van der Waals surface area contributed by atoms with Crippen molar-refractivity contribution in [2.75, 3.05) is 0 Å². The maximum atomic E-state index is 12.2. The lowest BCUT2D eigenvalue weighted by Gasteiger charge is -2.00. The van der Waals surface area contributed by atoms with Crippen LogP contribution in [0, 0.1) is 11.3 Å². The summed E-state index contributed by atoms with van der Waals surface area (Å²) in [5, 5.41) is 17.6. The number of carbonyl (C=O) groups is 1. The van der Waals surface area contributed by atoms with Crippen molar-refractivity contribution in [2.24, 2.45) is 0 Å². The number of hydrogen-bond acceptors (Lipinski definition) is 4. The van der Waals surface area contributed by atoms with Crippen LogP contribution in [0.5, 0.6) is 0 Å². The van der Waals surface area contributed by atoms with Gasteiger partial charge in [-0.05, 0) is 41.8 Å². The minimum atomic E-state index is -0.284. The second-order valence-electron chi connectivity index (χ2n) is 4.71. The van der Waals surface area contributed by atoms with E-state index in [1.54, 1.807) is 52.1 Å². The molecule has 23 heavy (non-hydrogen) atoms. The third-order valence-electron chi connectivity index (χ3n) is 3.15. The van der Waals surface area contributed by atoms with Crippen LogP contribution < -0.4 is 0 Å². The molecule has 0 N–H and O–H groups in total. The van der Waals surface area contributed by atoms with Gasteiger partial charge in [-0.25, -0.2) is 4.68 Å². The summed E-state index contributed by atoms with van der Waals surface area (Å²) in [6, 6.07) is 10.9. The van der Waals surface area contributed by atoms with E-state index in [-0.39, 0.29) is 11.4 Å². The molecule has 0 aliphatic heterocycles. The SMILES string of the molecule is N#C/C(=C\c1cnn(-c2ccc(Cl)cc2)c1)C(=O)c1ccsc1. The van der Waals surface area contributed by atoms with E-state index in [1.165, 1.54) is 11.3 Å². The molecule has 0 aliphatic carbocycles. The van der Waals surface area contributed by atoms with Crippen molar-refractivity contribution >= 4 is 34.8 Å². The van der Waals surface area contributed by atoms with Crippen LogP contribution in [0.25, 0.3) is 11.8 Å². The van der Waals surface area contributed by atoms with Crippen LogP contribution in [0.15, 0.2) is 59.1 Å². The average Bonchev–Trinajstić information content (AvgIpc) is 3.24. The smallest absolute Gasteiger partial charge is 0.204 e. The number of ketones is 1. The largest absolute Gasteiger partial charge is 0.288 e. The Balaban J connectivity index is 1.89. The molecule has 2 aromatic heterocycles. The molecule has 3 aromatic rings. The number of Topliss-reactive ketones (excluding diaryl/α,β-unsaturated/α-hetero) is 1. The zero-order valence-electron chi connectivity index (χ0n) is 11.8. The standard InChI is InChI=1S/C17H10ClN3OS/c18-15-1-3-16(4-2-15)21-10-12(9-20-21)7-14(8-19)17(22)13-5-6-23-11-13/h1-7,9-11H/b14-7+. The van der Waals surface area contributed by atoms with E-state index in [0.29, 0.717) is 16.1 Å². The molecule has 0 unspecified atom stereocenters. The zero-order valence-corrected chi connectivity index (χ0v) is 13.4. The zero-order chi connectivity index (χ0) is 16.2. The fraction of sp³-hybridized carbons (Fsp3) is 0. The number of nitriles is 1. The van der Waals surface area contributed by atoms with Crippen LogP contribution in [-0.4, -0.2) is 15.6 Å². The summed E-state index contributed by atoms with van der Waals surface area (Å²) in [6.45, 7) is 0. The van der Waals surface area contributed by atoms with Crippen molar-refractivity contribution in [1.82, 2.24) is 9.78 Å². The Kier molecular flexibility index (Phi) is 4.38. The number of benzene rings is 1. The Morgan fingerprint density at radius 3 is 2.74 bits per heavy atom. The van der Waals surface area contributed by atoms with Crippen LogP contribution in [0.2, 0.25) is 5.02 Å². The molecule has 0 saturated heterocycles. The molecule has 0 spiro atoms. The Bertz CT molecular complexity index is 902. The maximum Gasteiger partial charge on any atom is 0.204 e. The summed E-state index contributed by atoms with van der Waals surface area (Å²) < 4.78 is 1.66. The van der Waals surface area contributed by atoms with E-state index in [1.807, 2.05) is 18.2 Å². The lowest BCUT2D eigenvalue weighted by molar-refractivity contribution is 0.104. The van der Waals surface area contributed by atoms with Crippen LogP contribution in [0.1, 0.15) is 15.9 Å². The molecule has 1 aromatic carbocycles. The van der Waals surface area contributed by atoms with E-state index < -0.39 is 0 Å². The van der Waals surface area contributed by atoms with Crippen LogP contribution in [-0.2, 0) is 0 Å². The van der Waals surface area contributed by atoms with Gasteiger partial charge in [0, 0.05) is 27.7 Å². The minimum Gasteiger partial charge on any atom is -0.288 e. The molecule has 0 aliphatic rings. The molecule has 0 amide bonds. The van der Waals surface area contributed by atoms with Gasteiger partial charge in [0.25, 0.3) is 0 Å². The third-order valence-corrected chi connectivity index (χ3v) is 4.09. The van der Waals surface area contributed by atoms with Crippen molar-refractivity contribution < 1.29 is 4.79 Å². The molecular formula is C17H10ClN3OS. The van der Waals surface area contributed by atoms with Gasteiger partial charge in [-0.15, -0.1) is 0 Å². The lowest BCUT2D eigenvalue weighted by Crippen LogP contribution is -1.99. The minimum absolute atomic E-state index is 0.0825. The first-order valence-electron chi connectivity index (χ1n) is 6.66. The van der Waals surface area contributed by atoms with Gasteiger partial charge in [0.05, 0.1) is 11.9 Å². The molecule has 0 atom stereocenters. The second kappa shape index (κ2) is 6.61. The molecule has 0 bridgehead atoms. The van der Waals surface area contributed by atoms with Crippen LogP contribution in [0.4, 0.5) is 0 Å². The first-order chi connectivity index (χ1) is 11.2. The van der Waals surface area contributed by atoms with Gasteiger partial charge in [-0.1, -0.05) is 11.6 Å². The molecular weight excluding hydrogens is 330 g/mol. The van der Waals surface area contributed by atoms with Gasteiger partial charge in [0.15, 0.2) is 0 Å². The Morgan fingerprint density at radius 2 is 2.09 bits per heavy atom. The summed E-state index contributed by atoms with van der Waals surface area (Å²) in [4.78, 5) is 12.2. The Hall–Kier alpha value is -2.68. The predicted molar refractivity (Wildman–Crippen MR) is 90.8 cm³/mol. The fourth-order valence-corrected chi connectivity index (χ4v) is 2.77. The number of nitrogens with zero attached hydrogens (tertiary/aromatic N) is 3. The van der Waals surface area contributed by atoms with Gasteiger partial charge in [0.1, 0.15) is 11.6 Å². The number of hydrogen-bond donors (Lipinski definition) is 0. The van der Waals surface area contributed by atoms with Crippen molar-refractivity contribution in [3.63, 3.8) is 0 Å². The number of aromatic nitrogens is 2. The normalized spacial score (nSPS) is 11.2. The highest BCUT2D eigenvalue weighted by molar-refractivity contribution is 7.08. The Labute approximate surface area is 141 Å². The van der Waals surface area contributed by atoms with Gasteiger partial charge in [-0.3, -0.25) is 4.79 Å². The Morgan fingerprint density at radius 1 is 1.30 bits per heavy atom. The summed E-state index contributed by atoms with van der Waals surface area (Å²) in [6.07, 6.45) is 4.90. The second-order valence-corrected chi connectivity index (χ2v) is 5.92. The number of carbonyl (C=O) groups excluding carboxylic acids is 1. The van der Waals surface area contributed by atoms with Crippen molar-refractivity contribution in [2.45, 2.75) is 0 Å². The molecule has 0 saturated carbocycles. The first kappa shape index (κ1) is 15.2. The topological polar surface area (TPSA) is 58.7 Å². The number of rotatable bonds is 4. The monoisotopic (exact) mass is 339 g/mol. The molecule has 0 fully saturated rings. The molecule has 6 heteroatoms. The predicted octanol–water partition coefficient (Wildman–Crippen LogP) is 4.38. The summed E-state index contributed by atoms with van der Waals surface area (Å²) >= 11 is 7.28. The quantitative estimate of drug-likeness (QED) is 0.402. The summed E-state index contributed by atoms with van der Waals surface area (Å²) in [7, 11) is 0. The first-order valence-corrected chi connectivity index (χ1v) is 7.99. The molecule has 4 nitrogen and oxygen atoms in total.